The number of hydrogen-bond acceptors (Lipinski definition) is 5. The lowest BCUT2D eigenvalue weighted by Crippen LogP contribution is -2.25. The zero-order valence-electron chi connectivity index (χ0n) is 17.3. The molecule has 0 spiro atoms. The Bertz CT molecular complexity index is 1000. The molecule has 3 rings (SSSR count). The predicted molar refractivity (Wildman–Crippen MR) is 122 cm³/mol. The highest BCUT2D eigenvalue weighted by Crippen LogP contribution is 2.30. The van der Waals surface area contributed by atoms with Crippen molar-refractivity contribution in [1.82, 2.24) is 10.3 Å². The average molecular weight is 445 g/mol. The van der Waals surface area contributed by atoms with Crippen LogP contribution < -0.4 is 14.8 Å². The van der Waals surface area contributed by atoms with E-state index in [0.717, 1.165) is 27.6 Å². The van der Waals surface area contributed by atoms with Crippen LogP contribution in [0.4, 0.5) is 0 Å². The van der Waals surface area contributed by atoms with Gasteiger partial charge < -0.3 is 14.8 Å². The van der Waals surface area contributed by atoms with Crippen molar-refractivity contribution >= 4 is 28.8 Å². The molecule has 0 unspecified atom stereocenters. The largest absolute Gasteiger partial charge is 0.490 e. The molecular formula is C23H25ClN2O3S. The molecule has 1 amide bonds. The molecule has 0 aliphatic rings. The third-order valence-corrected chi connectivity index (χ3v) is 5.95. The van der Waals surface area contributed by atoms with Crippen molar-refractivity contribution in [2.24, 2.45) is 0 Å². The zero-order valence-corrected chi connectivity index (χ0v) is 18.9. The van der Waals surface area contributed by atoms with Gasteiger partial charge in [0.2, 0.25) is 0 Å². The number of ether oxygens (including phenoxy) is 2. The maximum absolute atomic E-state index is 12.6. The second-order valence-corrected chi connectivity index (χ2v) is 8.09. The first-order chi connectivity index (χ1) is 14.5. The molecular weight excluding hydrogens is 420 g/mol. The van der Waals surface area contributed by atoms with Crippen molar-refractivity contribution in [3.63, 3.8) is 0 Å². The standard InChI is InChI=1S/C23H25ClN2O3S/c1-4-28-19-11-8-17(14-20(19)29-5-2)22(27)25-13-12-21-15(3)26-23(30-21)16-6-9-18(24)10-7-16/h6-11,14H,4-5,12-13H2,1-3H3,(H,25,27). The number of aryl methyl sites for hydroxylation is 1. The van der Waals surface area contributed by atoms with Crippen molar-refractivity contribution in [2.45, 2.75) is 27.2 Å². The fourth-order valence-electron chi connectivity index (χ4n) is 2.96. The number of hydrogen-bond donors (Lipinski definition) is 1. The van der Waals surface area contributed by atoms with E-state index >= 15 is 0 Å². The molecule has 7 heteroatoms. The van der Waals surface area contributed by atoms with Crippen LogP contribution >= 0.6 is 22.9 Å². The minimum absolute atomic E-state index is 0.140. The summed E-state index contributed by atoms with van der Waals surface area (Å²) in [4.78, 5) is 18.4. The molecule has 0 radical (unpaired) electrons. The van der Waals surface area contributed by atoms with Gasteiger partial charge in [0, 0.05) is 34.0 Å². The Morgan fingerprint density at radius 2 is 1.77 bits per heavy atom. The summed E-state index contributed by atoms with van der Waals surface area (Å²) in [5.41, 5.74) is 2.57. The van der Waals surface area contributed by atoms with Crippen LogP contribution in [0.25, 0.3) is 10.6 Å². The van der Waals surface area contributed by atoms with Crippen LogP contribution in [0.2, 0.25) is 5.02 Å². The van der Waals surface area contributed by atoms with Crippen molar-refractivity contribution in [2.75, 3.05) is 19.8 Å². The Kier molecular flexibility index (Phi) is 7.71. The lowest BCUT2D eigenvalue weighted by atomic mass is 10.2. The lowest BCUT2D eigenvalue weighted by molar-refractivity contribution is 0.0953. The Balaban J connectivity index is 1.62. The molecule has 0 fully saturated rings. The van der Waals surface area contributed by atoms with Crippen molar-refractivity contribution < 1.29 is 14.3 Å². The van der Waals surface area contributed by atoms with Crippen molar-refractivity contribution in [1.29, 1.82) is 0 Å². The number of nitrogens with zero attached hydrogens (tertiary/aromatic N) is 1. The van der Waals surface area contributed by atoms with Crippen LogP contribution in [0.1, 0.15) is 34.8 Å². The van der Waals surface area contributed by atoms with Gasteiger partial charge in [-0.1, -0.05) is 23.7 Å². The Morgan fingerprint density at radius 3 is 2.47 bits per heavy atom. The van der Waals surface area contributed by atoms with Gasteiger partial charge in [-0.3, -0.25) is 4.79 Å². The van der Waals surface area contributed by atoms with Gasteiger partial charge >= 0.3 is 0 Å². The molecule has 158 valence electrons. The Morgan fingerprint density at radius 1 is 1.07 bits per heavy atom. The van der Waals surface area contributed by atoms with Gasteiger partial charge in [0.15, 0.2) is 11.5 Å². The molecule has 2 aromatic carbocycles. The second-order valence-electron chi connectivity index (χ2n) is 6.57. The van der Waals surface area contributed by atoms with Crippen LogP contribution in [0, 0.1) is 6.92 Å². The van der Waals surface area contributed by atoms with Gasteiger partial charge in [0.05, 0.1) is 18.9 Å². The molecule has 0 aliphatic heterocycles. The number of carbonyl (C=O) groups is 1. The Labute approximate surface area is 186 Å². The summed E-state index contributed by atoms with van der Waals surface area (Å²) < 4.78 is 11.2. The first-order valence-corrected chi connectivity index (χ1v) is 11.1. The molecule has 1 N–H and O–H groups in total. The fourth-order valence-corrected chi connectivity index (χ4v) is 4.15. The number of benzene rings is 2. The van der Waals surface area contributed by atoms with Gasteiger partial charge in [0.1, 0.15) is 5.01 Å². The zero-order chi connectivity index (χ0) is 21.5. The van der Waals surface area contributed by atoms with Gasteiger partial charge in [-0.25, -0.2) is 4.98 Å². The predicted octanol–water partition coefficient (Wildman–Crippen LogP) is 5.54. The molecule has 30 heavy (non-hydrogen) atoms. The Hall–Kier alpha value is -2.57. The van der Waals surface area contributed by atoms with E-state index in [1.165, 1.54) is 0 Å². The van der Waals surface area contributed by atoms with E-state index in [0.29, 0.717) is 41.8 Å². The van der Waals surface area contributed by atoms with Crippen LogP contribution in [0.5, 0.6) is 11.5 Å². The van der Waals surface area contributed by atoms with E-state index in [2.05, 4.69) is 10.3 Å². The smallest absolute Gasteiger partial charge is 0.251 e. The summed E-state index contributed by atoms with van der Waals surface area (Å²) in [6, 6.07) is 12.9. The summed E-state index contributed by atoms with van der Waals surface area (Å²) >= 11 is 7.60. The highest BCUT2D eigenvalue weighted by molar-refractivity contribution is 7.15. The monoisotopic (exact) mass is 444 g/mol. The molecule has 1 aromatic heterocycles. The number of carbonyl (C=O) groups excluding carboxylic acids is 1. The third kappa shape index (κ3) is 5.52. The summed E-state index contributed by atoms with van der Waals surface area (Å²) in [7, 11) is 0. The van der Waals surface area contributed by atoms with E-state index in [1.54, 1.807) is 29.5 Å². The summed E-state index contributed by atoms with van der Waals surface area (Å²) in [6.45, 7) is 7.38. The number of thiazole rings is 1. The first-order valence-electron chi connectivity index (χ1n) is 9.91. The van der Waals surface area contributed by atoms with E-state index in [4.69, 9.17) is 21.1 Å². The highest BCUT2D eigenvalue weighted by atomic mass is 35.5. The molecule has 1 heterocycles. The van der Waals surface area contributed by atoms with Gasteiger partial charge in [-0.15, -0.1) is 11.3 Å². The molecule has 0 aliphatic carbocycles. The topological polar surface area (TPSA) is 60.5 Å². The molecule has 3 aromatic rings. The SMILES string of the molecule is CCOc1ccc(C(=O)NCCc2sc(-c3ccc(Cl)cc3)nc2C)cc1OCC. The molecule has 0 bridgehead atoms. The normalized spacial score (nSPS) is 10.7. The van der Waals surface area contributed by atoms with Crippen LogP contribution in [-0.2, 0) is 6.42 Å². The number of amides is 1. The van der Waals surface area contributed by atoms with Crippen LogP contribution in [-0.4, -0.2) is 30.6 Å². The summed E-state index contributed by atoms with van der Waals surface area (Å²) in [5.74, 6) is 1.09. The van der Waals surface area contributed by atoms with E-state index in [1.807, 2.05) is 45.0 Å². The number of nitrogens with one attached hydrogen (secondary N) is 1. The first kappa shape index (κ1) is 22.1. The third-order valence-electron chi connectivity index (χ3n) is 4.43. The van der Waals surface area contributed by atoms with Crippen LogP contribution in [0.3, 0.4) is 0 Å². The minimum Gasteiger partial charge on any atom is -0.490 e. The van der Waals surface area contributed by atoms with E-state index < -0.39 is 0 Å². The number of halogens is 1. The fraction of sp³-hybridized carbons (Fsp3) is 0.304. The van der Waals surface area contributed by atoms with Crippen molar-refractivity contribution in [3.8, 4) is 22.1 Å². The van der Waals surface area contributed by atoms with E-state index in [-0.39, 0.29) is 5.91 Å². The summed E-state index contributed by atoms with van der Waals surface area (Å²) in [5, 5.41) is 4.64. The maximum atomic E-state index is 12.6. The van der Waals surface area contributed by atoms with Crippen molar-refractivity contribution in [3.05, 3.63) is 63.6 Å². The average Bonchev–Trinajstić information content (AvgIpc) is 3.10. The van der Waals surface area contributed by atoms with Crippen LogP contribution in [0.15, 0.2) is 42.5 Å². The summed E-state index contributed by atoms with van der Waals surface area (Å²) in [6.07, 6.45) is 0.720. The molecule has 0 saturated carbocycles. The number of rotatable bonds is 9. The van der Waals surface area contributed by atoms with Gasteiger partial charge in [-0.05, 0) is 51.1 Å². The highest BCUT2D eigenvalue weighted by Gasteiger charge is 2.13. The quantitative estimate of drug-likeness (QED) is 0.470. The maximum Gasteiger partial charge on any atom is 0.251 e. The number of aromatic nitrogens is 1. The molecule has 5 nitrogen and oxygen atoms in total. The van der Waals surface area contributed by atoms with Gasteiger partial charge in [-0.2, -0.15) is 0 Å². The molecule has 0 atom stereocenters. The minimum atomic E-state index is -0.140. The lowest BCUT2D eigenvalue weighted by Gasteiger charge is -2.12. The van der Waals surface area contributed by atoms with E-state index in [9.17, 15) is 4.79 Å². The second kappa shape index (κ2) is 10.5. The molecule has 0 saturated heterocycles. The van der Waals surface area contributed by atoms with Gasteiger partial charge in [0.25, 0.3) is 5.91 Å².